The predicted molar refractivity (Wildman–Crippen MR) is 84.4 cm³/mol. The lowest BCUT2D eigenvalue weighted by Gasteiger charge is -2.27. The molecule has 8 nitrogen and oxygen atoms in total. The summed E-state index contributed by atoms with van der Waals surface area (Å²) in [6, 6.07) is 0. The molecule has 0 aromatic carbocycles. The molecule has 0 bridgehead atoms. The first-order valence-electron chi connectivity index (χ1n) is 7.83. The van der Waals surface area contributed by atoms with E-state index in [4.69, 9.17) is 29.2 Å². The van der Waals surface area contributed by atoms with E-state index in [0.29, 0.717) is 39.5 Å². The molecule has 0 rings (SSSR count). The maximum Gasteiger partial charge on any atom is 0.410 e. The fraction of sp³-hybridized carbons (Fsp3) is 0.933. The minimum absolute atomic E-state index is 0.0136. The Hall–Kier alpha value is -0.930. The van der Waals surface area contributed by atoms with Crippen LogP contribution in [0, 0.1) is 0 Å². The summed E-state index contributed by atoms with van der Waals surface area (Å²) in [6.07, 6.45) is -0.426. The van der Waals surface area contributed by atoms with E-state index in [2.05, 4.69) is 0 Å². The summed E-state index contributed by atoms with van der Waals surface area (Å²) in [5.41, 5.74) is -0.569. The second-order valence-electron chi connectivity index (χ2n) is 5.75. The molecule has 0 aliphatic rings. The number of ether oxygens (including phenoxy) is 4. The molecule has 0 saturated heterocycles. The van der Waals surface area contributed by atoms with Crippen LogP contribution >= 0.6 is 0 Å². The van der Waals surface area contributed by atoms with Crippen LogP contribution in [0.2, 0.25) is 0 Å². The van der Waals surface area contributed by atoms with Gasteiger partial charge in [0.05, 0.1) is 52.9 Å². The second kappa shape index (κ2) is 13.5. The van der Waals surface area contributed by atoms with Crippen LogP contribution in [0.4, 0.5) is 4.79 Å². The number of carbonyl (C=O) groups excluding carboxylic acids is 1. The summed E-state index contributed by atoms with van der Waals surface area (Å²) in [5, 5.41) is 17.2. The van der Waals surface area contributed by atoms with Gasteiger partial charge in [-0.25, -0.2) is 4.79 Å². The largest absolute Gasteiger partial charge is 0.444 e. The van der Waals surface area contributed by atoms with Gasteiger partial charge in [-0.1, -0.05) is 0 Å². The molecule has 0 aliphatic heterocycles. The maximum atomic E-state index is 12.1. The number of nitrogens with zero attached hydrogens (tertiary/aromatic N) is 1. The zero-order valence-electron chi connectivity index (χ0n) is 14.5. The summed E-state index contributed by atoms with van der Waals surface area (Å²) in [6.45, 7) is 8.06. The summed E-state index contributed by atoms with van der Waals surface area (Å²) < 4.78 is 21.0. The van der Waals surface area contributed by atoms with Crippen molar-refractivity contribution in [1.29, 1.82) is 0 Å². The number of aliphatic hydroxyl groups excluding tert-OH is 2. The van der Waals surface area contributed by atoms with E-state index < -0.39 is 11.7 Å². The molecule has 23 heavy (non-hydrogen) atoms. The minimum Gasteiger partial charge on any atom is -0.444 e. The lowest BCUT2D eigenvalue weighted by molar-refractivity contribution is 0.000417. The number of carbonyl (C=O) groups is 1. The fourth-order valence-corrected chi connectivity index (χ4v) is 1.52. The zero-order valence-corrected chi connectivity index (χ0v) is 14.5. The van der Waals surface area contributed by atoms with Crippen molar-refractivity contribution in [1.82, 2.24) is 4.90 Å². The third-order valence-electron chi connectivity index (χ3n) is 2.51. The maximum absolute atomic E-state index is 12.1. The number of hydrogen-bond donors (Lipinski definition) is 2. The summed E-state index contributed by atoms with van der Waals surface area (Å²) in [7, 11) is 0. The van der Waals surface area contributed by atoms with Gasteiger partial charge in [-0.05, 0) is 20.8 Å². The fourth-order valence-electron chi connectivity index (χ4n) is 1.52. The third kappa shape index (κ3) is 14.4. The Kier molecular flexibility index (Phi) is 13.0. The Morgan fingerprint density at radius 1 is 0.826 bits per heavy atom. The standard InChI is InChI=1S/C15H31NO7/c1-15(2,3)23-14(19)16(4-8-20-10-6-17)5-9-21-12-13-22-11-7-18/h17-18H,4-13H2,1-3H3. The van der Waals surface area contributed by atoms with E-state index >= 15 is 0 Å². The molecule has 0 unspecified atom stereocenters. The van der Waals surface area contributed by atoms with Gasteiger partial charge >= 0.3 is 6.09 Å². The quantitative estimate of drug-likeness (QED) is 0.465. The van der Waals surface area contributed by atoms with Crippen molar-refractivity contribution in [3.05, 3.63) is 0 Å². The molecule has 0 spiro atoms. The van der Waals surface area contributed by atoms with Crippen molar-refractivity contribution >= 4 is 6.09 Å². The summed E-state index contributed by atoms with van der Waals surface area (Å²) in [5.74, 6) is 0. The molecule has 0 aromatic heterocycles. The molecule has 0 heterocycles. The average molecular weight is 337 g/mol. The smallest absolute Gasteiger partial charge is 0.410 e. The van der Waals surface area contributed by atoms with Crippen molar-refractivity contribution in [3.8, 4) is 0 Å². The Balaban J connectivity index is 4.08. The Bertz CT molecular complexity index is 294. The highest BCUT2D eigenvalue weighted by atomic mass is 16.6. The highest BCUT2D eigenvalue weighted by molar-refractivity contribution is 5.68. The molecule has 0 aliphatic carbocycles. The molecule has 0 saturated carbocycles. The van der Waals surface area contributed by atoms with Crippen LogP contribution < -0.4 is 0 Å². The second-order valence-corrected chi connectivity index (χ2v) is 5.75. The van der Waals surface area contributed by atoms with Gasteiger partial charge in [0.25, 0.3) is 0 Å². The van der Waals surface area contributed by atoms with Crippen LogP contribution in [0.25, 0.3) is 0 Å². The molecule has 1 amide bonds. The number of rotatable bonds is 13. The topological polar surface area (TPSA) is 97.7 Å². The average Bonchev–Trinajstić information content (AvgIpc) is 2.46. The van der Waals surface area contributed by atoms with E-state index in [1.165, 1.54) is 4.90 Å². The van der Waals surface area contributed by atoms with Gasteiger partial charge in [0, 0.05) is 13.1 Å². The lowest BCUT2D eigenvalue weighted by atomic mass is 10.2. The Labute approximate surface area is 138 Å². The van der Waals surface area contributed by atoms with Crippen LogP contribution in [-0.4, -0.2) is 92.8 Å². The van der Waals surface area contributed by atoms with E-state index in [-0.39, 0.29) is 26.4 Å². The first-order chi connectivity index (χ1) is 10.9. The van der Waals surface area contributed by atoms with E-state index in [1.54, 1.807) is 20.8 Å². The van der Waals surface area contributed by atoms with Crippen molar-refractivity contribution < 1.29 is 34.0 Å². The van der Waals surface area contributed by atoms with E-state index in [0.717, 1.165) is 0 Å². The van der Waals surface area contributed by atoms with Gasteiger partial charge < -0.3 is 34.1 Å². The normalized spacial score (nSPS) is 11.5. The Morgan fingerprint density at radius 3 is 1.70 bits per heavy atom. The number of amides is 1. The summed E-state index contributed by atoms with van der Waals surface area (Å²) >= 11 is 0. The zero-order chi connectivity index (χ0) is 17.6. The SMILES string of the molecule is CC(C)(C)OC(=O)N(CCOCCO)CCOCCOCCO. The number of hydrogen-bond acceptors (Lipinski definition) is 7. The van der Waals surface area contributed by atoms with Crippen molar-refractivity contribution in [3.63, 3.8) is 0 Å². The highest BCUT2D eigenvalue weighted by Crippen LogP contribution is 2.09. The Morgan fingerprint density at radius 2 is 1.26 bits per heavy atom. The van der Waals surface area contributed by atoms with Gasteiger partial charge in [0.2, 0.25) is 0 Å². The molecule has 8 heteroatoms. The van der Waals surface area contributed by atoms with Crippen LogP contribution in [0.15, 0.2) is 0 Å². The molecule has 2 N–H and O–H groups in total. The molecular formula is C15H31NO7. The van der Waals surface area contributed by atoms with Crippen molar-refractivity contribution in [2.24, 2.45) is 0 Å². The first kappa shape index (κ1) is 22.1. The van der Waals surface area contributed by atoms with Crippen LogP contribution in [0.5, 0.6) is 0 Å². The van der Waals surface area contributed by atoms with Crippen LogP contribution in [0.3, 0.4) is 0 Å². The predicted octanol–water partition coefficient (Wildman–Crippen LogP) is 0.258. The van der Waals surface area contributed by atoms with Gasteiger partial charge in [-0.15, -0.1) is 0 Å². The lowest BCUT2D eigenvalue weighted by Crippen LogP contribution is -2.40. The van der Waals surface area contributed by atoms with E-state index in [1.807, 2.05) is 0 Å². The molecule has 0 aromatic rings. The monoisotopic (exact) mass is 337 g/mol. The van der Waals surface area contributed by atoms with Crippen LogP contribution in [-0.2, 0) is 18.9 Å². The van der Waals surface area contributed by atoms with Gasteiger partial charge in [0.1, 0.15) is 5.60 Å². The molecule has 0 radical (unpaired) electrons. The summed E-state index contributed by atoms with van der Waals surface area (Å²) in [4.78, 5) is 13.6. The molecule has 138 valence electrons. The minimum atomic E-state index is -0.569. The van der Waals surface area contributed by atoms with Crippen molar-refractivity contribution in [2.75, 3.05) is 65.9 Å². The highest BCUT2D eigenvalue weighted by Gasteiger charge is 2.21. The first-order valence-corrected chi connectivity index (χ1v) is 7.83. The van der Waals surface area contributed by atoms with Crippen LogP contribution in [0.1, 0.15) is 20.8 Å². The van der Waals surface area contributed by atoms with Gasteiger partial charge in [0.15, 0.2) is 0 Å². The third-order valence-corrected chi connectivity index (χ3v) is 2.51. The molecular weight excluding hydrogens is 306 g/mol. The molecule has 0 atom stereocenters. The van der Waals surface area contributed by atoms with E-state index in [9.17, 15) is 4.79 Å². The molecule has 0 fully saturated rings. The van der Waals surface area contributed by atoms with Gasteiger partial charge in [-0.3, -0.25) is 0 Å². The van der Waals surface area contributed by atoms with Crippen molar-refractivity contribution in [2.45, 2.75) is 26.4 Å². The van der Waals surface area contributed by atoms with Gasteiger partial charge in [-0.2, -0.15) is 0 Å². The number of aliphatic hydroxyl groups is 2.